The van der Waals surface area contributed by atoms with E-state index in [0.29, 0.717) is 18.9 Å². The van der Waals surface area contributed by atoms with Crippen LogP contribution in [0, 0.1) is 0 Å². The quantitative estimate of drug-likeness (QED) is 0.655. The zero-order valence-electron chi connectivity index (χ0n) is 15.5. The van der Waals surface area contributed by atoms with E-state index in [1.807, 2.05) is 42.5 Å². The number of carbonyl (C=O) groups excluding carboxylic acids is 1. The zero-order chi connectivity index (χ0) is 20.0. The molecule has 3 aromatic carbocycles. The van der Waals surface area contributed by atoms with Gasteiger partial charge in [0.2, 0.25) is 0 Å². The molecule has 0 saturated carbocycles. The Balaban J connectivity index is 1.61. The Kier molecular flexibility index (Phi) is 6.23. The highest BCUT2D eigenvalue weighted by Crippen LogP contribution is 2.18. The number of ether oxygens (including phenoxy) is 1. The number of hydrogen-bond acceptors (Lipinski definition) is 4. The Bertz CT molecular complexity index is 1050. The van der Waals surface area contributed by atoms with Crippen LogP contribution in [-0.4, -0.2) is 20.6 Å². The van der Waals surface area contributed by atoms with Crippen molar-refractivity contribution in [1.82, 2.24) is 0 Å². The number of hydrogen-bond donors (Lipinski definition) is 1. The van der Waals surface area contributed by atoms with Crippen molar-refractivity contribution in [3.8, 4) is 0 Å². The first kappa shape index (κ1) is 19.8. The van der Waals surface area contributed by atoms with Gasteiger partial charge in [-0.1, -0.05) is 54.6 Å². The van der Waals surface area contributed by atoms with Gasteiger partial charge in [0.25, 0.3) is 5.91 Å². The first-order valence-corrected chi connectivity index (χ1v) is 10.6. The average molecular weight is 395 g/mol. The third-order valence-electron chi connectivity index (χ3n) is 4.12. The Morgan fingerprint density at radius 3 is 2.04 bits per heavy atom. The van der Waals surface area contributed by atoms with Crippen molar-refractivity contribution < 1.29 is 17.9 Å². The number of anilines is 1. The van der Waals surface area contributed by atoms with E-state index >= 15 is 0 Å². The Morgan fingerprint density at radius 2 is 1.39 bits per heavy atom. The second kappa shape index (κ2) is 8.82. The highest BCUT2D eigenvalue weighted by atomic mass is 32.2. The third-order valence-corrected chi connectivity index (χ3v) is 5.28. The van der Waals surface area contributed by atoms with E-state index in [1.54, 1.807) is 24.3 Å². The van der Waals surface area contributed by atoms with Crippen molar-refractivity contribution in [2.24, 2.45) is 0 Å². The lowest BCUT2D eigenvalue weighted by molar-refractivity contribution is 0.102. The van der Waals surface area contributed by atoms with Gasteiger partial charge in [-0.3, -0.25) is 4.79 Å². The first-order chi connectivity index (χ1) is 13.4. The molecule has 0 spiro atoms. The lowest BCUT2D eigenvalue weighted by Crippen LogP contribution is -2.16. The maximum atomic E-state index is 12.5. The molecule has 0 atom stereocenters. The fraction of sp³-hybridized carbons (Fsp3) is 0.136. The van der Waals surface area contributed by atoms with Gasteiger partial charge in [0.1, 0.15) is 0 Å². The second-order valence-corrected chi connectivity index (χ2v) is 8.38. The molecule has 6 heteroatoms. The average Bonchev–Trinajstić information content (AvgIpc) is 2.69. The summed E-state index contributed by atoms with van der Waals surface area (Å²) in [6.45, 7) is 0.988. The molecule has 5 nitrogen and oxygen atoms in total. The van der Waals surface area contributed by atoms with Crippen LogP contribution in [0.2, 0.25) is 0 Å². The van der Waals surface area contributed by atoms with Crippen LogP contribution in [0.15, 0.2) is 83.8 Å². The highest BCUT2D eigenvalue weighted by Gasteiger charge is 2.18. The van der Waals surface area contributed by atoms with Crippen LogP contribution in [-0.2, 0) is 27.8 Å². The Labute approximate surface area is 164 Å². The van der Waals surface area contributed by atoms with Crippen LogP contribution >= 0.6 is 0 Å². The number of nitrogens with one attached hydrogen (secondary N) is 1. The summed E-state index contributed by atoms with van der Waals surface area (Å²) >= 11 is 0. The molecule has 0 unspecified atom stereocenters. The van der Waals surface area contributed by atoms with Crippen LogP contribution in [0.5, 0.6) is 0 Å². The number of rotatable bonds is 7. The van der Waals surface area contributed by atoms with E-state index in [0.717, 1.165) is 17.4 Å². The molecule has 1 N–H and O–H groups in total. The molecule has 0 radical (unpaired) electrons. The molecule has 1 amide bonds. The van der Waals surface area contributed by atoms with Crippen LogP contribution in [0.3, 0.4) is 0 Å². The molecule has 3 aromatic rings. The van der Waals surface area contributed by atoms with Gasteiger partial charge >= 0.3 is 0 Å². The maximum Gasteiger partial charge on any atom is 0.256 e. The molecule has 0 fully saturated rings. The van der Waals surface area contributed by atoms with Crippen LogP contribution in [0.25, 0.3) is 0 Å². The Morgan fingerprint density at radius 1 is 0.821 bits per heavy atom. The largest absolute Gasteiger partial charge is 0.372 e. The monoisotopic (exact) mass is 395 g/mol. The number of sulfone groups is 1. The van der Waals surface area contributed by atoms with Gasteiger partial charge < -0.3 is 10.1 Å². The summed E-state index contributed by atoms with van der Waals surface area (Å²) in [6, 6.07) is 23.3. The molecule has 0 saturated heterocycles. The van der Waals surface area contributed by atoms with E-state index < -0.39 is 15.7 Å². The molecular formula is C22H21NO4S. The fourth-order valence-electron chi connectivity index (χ4n) is 2.72. The first-order valence-electron chi connectivity index (χ1n) is 8.74. The van der Waals surface area contributed by atoms with Crippen LogP contribution in [0.4, 0.5) is 5.69 Å². The summed E-state index contributed by atoms with van der Waals surface area (Å²) in [7, 11) is -3.49. The third kappa shape index (κ3) is 5.28. The van der Waals surface area contributed by atoms with E-state index in [-0.39, 0.29) is 10.5 Å². The van der Waals surface area contributed by atoms with Gasteiger partial charge in [0, 0.05) is 11.9 Å². The second-order valence-electron chi connectivity index (χ2n) is 6.40. The molecule has 0 aliphatic carbocycles. The summed E-state index contributed by atoms with van der Waals surface area (Å²) in [5.41, 5.74) is 2.79. The lowest BCUT2D eigenvalue weighted by atomic mass is 10.2. The van der Waals surface area contributed by atoms with Gasteiger partial charge in [0.05, 0.1) is 23.7 Å². The molecule has 28 heavy (non-hydrogen) atoms. The summed E-state index contributed by atoms with van der Waals surface area (Å²) in [6.07, 6.45) is 1.09. The minimum Gasteiger partial charge on any atom is -0.372 e. The normalized spacial score (nSPS) is 11.2. The fourth-order valence-corrected chi connectivity index (χ4v) is 3.61. The predicted octanol–water partition coefficient (Wildman–Crippen LogP) is 4.06. The predicted molar refractivity (Wildman–Crippen MR) is 109 cm³/mol. The van der Waals surface area contributed by atoms with Gasteiger partial charge in [0.15, 0.2) is 9.84 Å². The van der Waals surface area contributed by atoms with E-state index in [9.17, 15) is 13.2 Å². The summed E-state index contributed by atoms with van der Waals surface area (Å²) < 4.78 is 29.4. The van der Waals surface area contributed by atoms with E-state index in [1.165, 1.54) is 12.1 Å². The van der Waals surface area contributed by atoms with Crippen molar-refractivity contribution in [1.29, 1.82) is 0 Å². The van der Waals surface area contributed by atoms with Gasteiger partial charge in [-0.2, -0.15) is 0 Å². The number of benzene rings is 3. The van der Waals surface area contributed by atoms with Crippen LogP contribution in [0.1, 0.15) is 21.5 Å². The number of carbonyl (C=O) groups is 1. The minimum atomic E-state index is -3.49. The van der Waals surface area contributed by atoms with E-state index in [2.05, 4.69) is 5.32 Å². The molecular weight excluding hydrogens is 374 g/mol. The molecule has 0 aliphatic rings. The van der Waals surface area contributed by atoms with Crippen molar-refractivity contribution in [3.05, 3.63) is 95.6 Å². The van der Waals surface area contributed by atoms with Crippen molar-refractivity contribution >= 4 is 21.4 Å². The van der Waals surface area contributed by atoms with Crippen molar-refractivity contribution in [3.63, 3.8) is 0 Å². The highest BCUT2D eigenvalue weighted by molar-refractivity contribution is 7.90. The molecule has 0 aliphatic heterocycles. The summed E-state index contributed by atoms with van der Waals surface area (Å²) in [5, 5.41) is 2.74. The van der Waals surface area contributed by atoms with Crippen molar-refractivity contribution in [2.45, 2.75) is 18.1 Å². The van der Waals surface area contributed by atoms with E-state index in [4.69, 9.17) is 4.74 Å². The minimum absolute atomic E-state index is 0.0124. The molecule has 0 aromatic heterocycles. The Hall–Kier alpha value is -2.96. The summed E-state index contributed by atoms with van der Waals surface area (Å²) in [5.74, 6) is -0.464. The maximum absolute atomic E-state index is 12.5. The topological polar surface area (TPSA) is 72.5 Å². The molecule has 144 valence electrons. The van der Waals surface area contributed by atoms with Gasteiger partial charge in [-0.15, -0.1) is 0 Å². The molecule has 0 bridgehead atoms. The van der Waals surface area contributed by atoms with Crippen molar-refractivity contribution in [2.75, 3.05) is 11.6 Å². The lowest BCUT2D eigenvalue weighted by Gasteiger charge is -2.10. The van der Waals surface area contributed by atoms with Gasteiger partial charge in [-0.05, 0) is 35.4 Å². The zero-order valence-corrected chi connectivity index (χ0v) is 16.3. The molecule has 3 rings (SSSR count). The SMILES string of the molecule is CS(=O)(=O)c1ccccc1C(=O)Nc1ccc(COCc2ccccc2)cc1. The molecule has 0 heterocycles. The standard InChI is InChI=1S/C22H21NO4S/c1-28(25,26)21-10-6-5-9-20(21)22(24)23-19-13-11-18(12-14-19)16-27-15-17-7-3-2-4-8-17/h2-14H,15-16H2,1H3,(H,23,24). The van der Waals surface area contributed by atoms with Crippen LogP contribution < -0.4 is 5.32 Å². The summed E-state index contributed by atoms with van der Waals surface area (Å²) in [4.78, 5) is 12.5. The smallest absolute Gasteiger partial charge is 0.256 e. The van der Waals surface area contributed by atoms with Gasteiger partial charge in [-0.25, -0.2) is 8.42 Å². The number of amides is 1.